The van der Waals surface area contributed by atoms with Crippen molar-refractivity contribution < 1.29 is 31.1 Å². The fraction of sp³-hybridized carbons (Fsp3) is 0.211. The molecule has 10 heteroatoms. The van der Waals surface area contributed by atoms with Crippen molar-refractivity contribution in [2.45, 2.75) is 24.1 Å². The van der Waals surface area contributed by atoms with Crippen molar-refractivity contribution in [3.8, 4) is 5.75 Å². The number of hydrogen-bond donors (Lipinski definition) is 0. The van der Waals surface area contributed by atoms with Gasteiger partial charge in [0.1, 0.15) is 5.75 Å². The molecule has 0 spiro atoms. The average molecular weight is 490 g/mol. The SMILES string of the molecule is C[C@H](Oc1ccc(S(C)(=O)=O)cc1C(=O)n1ccc2c(Br)cccc21)C(F)(F)F. The molecule has 0 aliphatic rings. The molecule has 2 aromatic carbocycles. The van der Waals surface area contributed by atoms with Crippen molar-refractivity contribution in [1.82, 2.24) is 4.57 Å². The second-order valence-corrected chi connectivity index (χ2v) is 9.27. The Labute approximate surface area is 173 Å². The van der Waals surface area contributed by atoms with E-state index in [9.17, 15) is 26.4 Å². The van der Waals surface area contributed by atoms with Gasteiger partial charge in [0, 0.05) is 22.3 Å². The molecule has 0 fully saturated rings. The summed E-state index contributed by atoms with van der Waals surface area (Å²) in [5, 5.41) is 0.714. The van der Waals surface area contributed by atoms with E-state index in [0.29, 0.717) is 10.9 Å². The Morgan fingerprint density at radius 1 is 1.17 bits per heavy atom. The van der Waals surface area contributed by atoms with Crippen LogP contribution in [-0.4, -0.2) is 37.4 Å². The first kappa shape index (κ1) is 21.4. The van der Waals surface area contributed by atoms with E-state index in [2.05, 4.69) is 15.9 Å². The van der Waals surface area contributed by atoms with E-state index in [-0.39, 0.29) is 16.2 Å². The number of alkyl halides is 3. The van der Waals surface area contributed by atoms with E-state index in [1.165, 1.54) is 10.8 Å². The molecular weight excluding hydrogens is 475 g/mol. The summed E-state index contributed by atoms with van der Waals surface area (Å²) in [5.41, 5.74) is 0.213. The summed E-state index contributed by atoms with van der Waals surface area (Å²) < 4.78 is 69.6. The molecule has 3 aromatic rings. The Morgan fingerprint density at radius 3 is 2.48 bits per heavy atom. The molecule has 29 heavy (non-hydrogen) atoms. The van der Waals surface area contributed by atoms with E-state index in [1.807, 2.05) is 0 Å². The summed E-state index contributed by atoms with van der Waals surface area (Å²) >= 11 is 3.37. The molecule has 154 valence electrons. The number of aromatic nitrogens is 1. The maximum Gasteiger partial charge on any atom is 0.425 e. The lowest BCUT2D eigenvalue weighted by atomic mass is 10.1. The second kappa shape index (κ2) is 7.49. The van der Waals surface area contributed by atoms with Crippen LogP contribution in [0.1, 0.15) is 17.3 Å². The first-order chi connectivity index (χ1) is 13.4. The highest BCUT2D eigenvalue weighted by Gasteiger charge is 2.38. The van der Waals surface area contributed by atoms with E-state index < -0.39 is 28.0 Å². The number of nitrogens with zero attached hydrogens (tertiary/aromatic N) is 1. The number of fused-ring (bicyclic) bond motifs is 1. The molecule has 1 atom stereocenters. The molecule has 0 radical (unpaired) electrons. The third kappa shape index (κ3) is 4.32. The minimum Gasteiger partial charge on any atom is -0.480 e. The summed E-state index contributed by atoms with van der Waals surface area (Å²) in [5.74, 6) is -1.07. The zero-order valence-electron chi connectivity index (χ0n) is 15.2. The fourth-order valence-electron chi connectivity index (χ4n) is 2.70. The van der Waals surface area contributed by atoms with Crippen LogP contribution in [0.25, 0.3) is 10.9 Å². The summed E-state index contributed by atoms with van der Waals surface area (Å²) in [7, 11) is -3.70. The Bertz CT molecular complexity index is 1200. The monoisotopic (exact) mass is 489 g/mol. The minimum atomic E-state index is -4.65. The molecular formula is C19H15BrF3NO4S. The molecule has 1 heterocycles. The first-order valence-corrected chi connectivity index (χ1v) is 11.0. The van der Waals surface area contributed by atoms with Crippen molar-refractivity contribution in [3.63, 3.8) is 0 Å². The van der Waals surface area contributed by atoms with E-state index in [1.54, 1.807) is 24.3 Å². The maximum absolute atomic E-state index is 13.2. The van der Waals surface area contributed by atoms with Crippen LogP contribution in [0.4, 0.5) is 13.2 Å². The molecule has 0 amide bonds. The van der Waals surface area contributed by atoms with Crippen LogP contribution in [0.5, 0.6) is 5.75 Å². The van der Waals surface area contributed by atoms with Crippen LogP contribution < -0.4 is 4.74 Å². The van der Waals surface area contributed by atoms with E-state index in [0.717, 1.165) is 35.9 Å². The van der Waals surface area contributed by atoms with Crippen LogP contribution in [0.15, 0.2) is 58.0 Å². The molecule has 0 N–H and O–H groups in total. The number of benzene rings is 2. The van der Waals surface area contributed by atoms with Crippen LogP contribution in [-0.2, 0) is 9.84 Å². The second-order valence-electron chi connectivity index (χ2n) is 6.40. The lowest BCUT2D eigenvalue weighted by Crippen LogP contribution is -2.32. The molecule has 0 saturated heterocycles. The molecule has 1 aromatic heterocycles. The fourth-order valence-corrected chi connectivity index (χ4v) is 3.84. The highest BCUT2D eigenvalue weighted by atomic mass is 79.9. The maximum atomic E-state index is 13.2. The van der Waals surface area contributed by atoms with Gasteiger partial charge in [0.05, 0.1) is 16.0 Å². The van der Waals surface area contributed by atoms with Crippen LogP contribution in [0.2, 0.25) is 0 Å². The van der Waals surface area contributed by atoms with Crippen molar-refractivity contribution in [2.75, 3.05) is 6.26 Å². The zero-order valence-corrected chi connectivity index (χ0v) is 17.6. The minimum absolute atomic E-state index is 0.203. The number of sulfone groups is 1. The number of rotatable bonds is 4. The predicted molar refractivity (Wildman–Crippen MR) is 105 cm³/mol. The average Bonchev–Trinajstić information content (AvgIpc) is 3.05. The number of halogens is 4. The van der Waals surface area contributed by atoms with Gasteiger partial charge in [0.15, 0.2) is 15.9 Å². The molecule has 0 saturated carbocycles. The lowest BCUT2D eigenvalue weighted by molar-refractivity contribution is -0.189. The van der Waals surface area contributed by atoms with Crippen molar-refractivity contribution in [1.29, 1.82) is 0 Å². The van der Waals surface area contributed by atoms with Gasteiger partial charge in [-0.1, -0.05) is 22.0 Å². The zero-order chi connectivity index (χ0) is 21.6. The van der Waals surface area contributed by atoms with Crippen LogP contribution >= 0.6 is 15.9 Å². The first-order valence-electron chi connectivity index (χ1n) is 8.27. The molecule has 5 nitrogen and oxygen atoms in total. The molecule has 0 unspecified atom stereocenters. The van der Waals surface area contributed by atoms with E-state index >= 15 is 0 Å². The van der Waals surface area contributed by atoms with Gasteiger partial charge >= 0.3 is 6.18 Å². The van der Waals surface area contributed by atoms with Crippen molar-refractivity contribution in [3.05, 3.63) is 58.7 Å². The largest absolute Gasteiger partial charge is 0.480 e. The van der Waals surface area contributed by atoms with Gasteiger partial charge < -0.3 is 4.74 Å². The highest BCUT2D eigenvalue weighted by molar-refractivity contribution is 9.10. The van der Waals surface area contributed by atoms with E-state index in [4.69, 9.17) is 4.74 Å². The lowest BCUT2D eigenvalue weighted by Gasteiger charge is -2.20. The van der Waals surface area contributed by atoms with Gasteiger partial charge in [-0.3, -0.25) is 9.36 Å². The Balaban J connectivity index is 2.16. The molecule has 0 aliphatic carbocycles. The van der Waals surface area contributed by atoms with Gasteiger partial charge in [0.2, 0.25) is 0 Å². The predicted octanol–water partition coefficient (Wildman–Crippen LogP) is 4.83. The molecule has 0 aliphatic heterocycles. The number of hydrogen-bond acceptors (Lipinski definition) is 4. The summed E-state index contributed by atoms with van der Waals surface area (Å²) in [6.45, 7) is 0.806. The van der Waals surface area contributed by atoms with Gasteiger partial charge in [0.25, 0.3) is 5.91 Å². The number of ether oxygens (including phenoxy) is 1. The van der Waals surface area contributed by atoms with Crippen molar-refractivity contribution in [2.24, 2.45) is 0 Å². The quantitative estimate of drug-likeness (QED) is 0.526. The normalized spacial score (nSPS) is 13.4. The standard InChI is InChI=1S/C19H15BrF3NO4S/c1-11(19(21,22)23)28-17-7-6-12(29(2,26)27)10-14(17)18(25)24-9-8-13-15(20)4-3-5-16(13)24/h3-11H,1-2H3/t11-/m0/s1. The summed E-state index contributed by atoms with van der Waals surface area (Å²) in [6.07, 6.45) is -4.44. The molecule has 0 bridgehead atoms. The number of carbonyl (C=O) groups excluding carboxylic acids is 1. The van der Waals surface area contributed by atoms with Gasteiger partial charge in [-0.15, -0.1) is 0 Å². The van der Waals surface area contributed by atoms with Crippen LogP contribution in [0.3, 0.4) is 0 Å². The highest BCUT2D eigenvalue weighted by Crippen LogP contribution is 2.31. The number of carbonyl (C=O) groups is 1. The van der Waals surface area contributed by atoms with Crippen LogP contribution in [0, 0.1) is 0 Å². The van der Waals surface area contributed by atoms with Crippen molar-refractivity contribution >= 4 is 42.6 Å². The third-order valence-corrected chi connectivity index (χ3v) is 6.07. The van der Waals surface area contributed by atoms with Gasteiger partial charge in [-0.05, 0) is 43.3 Å². The Kier molecular flexibility index (Phi) is 5.52. The Morgan fingerprint density at radius 2 is 1.86 bits per heavy atom. The third-order valence-electron chi connectivity index (χ3n) is 4.27. The topological polar surface area (TPSA) is 65.4 Å². The Hall–Kier alpha value is -2.33. The smallest absolute Gasteiger partial charge is 0.425 e. The summed E-state index contributed by atoms with van der Waals surface area (Å²) in [6, 6.07) is 10.0. The van der Waals surface area contributed by atoms with Gasteiger partial charge in [-0.25, -0.2) is 8.42 Å². The molecule has 3 rings (SSSR count). The summed E-state index contributed by atoms with van der Waals surface area (Å²) in [4.78, 5) is 13.0. The van der Waals surface area contributed by atoms with Gasteiger partial charge in [-0.2, -0.15) is 13.2 Å².